The Bertz CT molecular complexity index is 140. The van der Waals surface area contributed by atoms with Gasteiger partial charge in [-0.25, -0.2) is 0 Å². The highest BCUT2D eigenvalue weighted by molar-refractivity contribution is 4.87. The fourth-order valence-corrected chi connectivity index (χ4v) is 1.82. The molecular weight excluding hydrogens is 152 g/mol. The number of nitrogens with zero attached hydrogens (tertiary/aromatic N) is 1. The zero-order valence-corrected chi connectivity index (χ0v) is 7.92. The lowest BCUT2D eigenvalue weighted by atomic mass is 9.89. The molecular formula is C9H20N2O. The van der Waals surface area contributed by atoms with E-state index in [1.807, 2.05) is 0 Å². The summed E-state index contributed by atoms with van der Waals surface area (Å²) in [7, 11) is 2.13. The van der Waals surface area contributed by atoms with Gasteiger partial charge in [0.15, 0.2) is 0 Å². The van der Waals surface area contributed by atoms with Crippen LogP contribution in [0.25, 0.3) is 0 Å². The smallest absolute Gasteiger partial charge is 0.0448 e. The van der Waals surface area contributed by atoms with Crippen molar-refractivity contribution in [2.45, 2.75) is 31.2 Å². The molecule has 3 heteroatoms. The highest BCUT2D eigenvalue weighted by Crippen LogP contribution is 2.21. The van der Waals surface area contributed by atoms with Gasteiger partial charge in [0.2, 0.25) is 0 Å². The monoisotopic (exact) mass is 172 g/mol. The molecule has 1 atom stereocenters. The lowest BCUT2D eigenvalue weighted by Gasteiger charge is -2.26. The van der Waals surface area contributed by atoms with Crippen LogP contribution in [0, 0.1) is 0 Å². The fraction of sp³-hybridized carbons (Fsp3) is 1.00. The average molecular weight is 172 g/mol. The number of likely N-dealkylation sites (tertiary alicyclic amines) is 1. The SMILES string of the molecule is CN1CCCC(N)(CCO)CC1. The molecule has 12 heavy (non-hydrogen) atoms. The van der Waals surface area contributed by atoms with E-state index < -0.39 is 0 Å². The summed E-state index contributed by atoms with van der Waals surface area (Å²) in [4.78, 5) is 2.31. The highest BCUT2D eigenvalue weighted by Gasteiger charge is 2.26. The summed E-state index contributed by atoms with van der Waals surface area (Å²) < 4.78 is 0. The summed E-state index contributed by atoms with van der Waals surface area (Å²) in [5, 5.41) is 8.85. The average Bonchev–Trinajstić information content (AvgIpc) is 2.15. The molecule has 0 saturated carbocycles. The van der Waals surface area contributed by atoms with Gasteiger partial charge in [-0.1, -0.05) is 0 Å². The third kappa shape index (κ3) is 2.73. The van der Waals surface area contributed by atoms with E-state index in [0.717, 1.165) is 38.8 Å². The second-order valence-corrected chi connectivity index (χ2v) is 3.99. The van der Waals surface area contributed by atoms with E-state index in [-0.39, 0.29) is 12.1 Å². The number of aliphatic hydroxyl groups excluding tert-OH is 1. The van der Waals surface area contributed by atoms with Crippen molar-refractivity contribution in [3.05, 3.63) is 0 Å². The van der Waals surface area contributed by atoms with Gasteiger partial charge in [-0.3, -0.25) is 0 Å². The van der Waals surface area contributed by atoms with Crippen LogP contribution in [0.5, 0.6) is 0 Å². The van der Waals surface area contributed by atoms with Crippen LogP contribution < -0.4 is 5.73 Å². The Kier molecular flexibility index (Phi) is 3.50. The molecule has 0 spiro atoms. The van der Waals surface area contributed by atoms with E-state index >= 15 is 0 Å². The van der Waals surface area contributed by atoms with Gasteiger partial charge >= 0.3 is 0 Å². The molecule has 72 valence electrons. The summed E-state index contributed by atoms with van der Waals surface area (Å²) in [6.45, 7) is 2.43. The molecule has 0 aliphatic carbocycles. The molecule has 1 aliphatic heterocycles. The first kappa shape index (κ1) is 9.96. The number of hydrogen-bond acceptors (Lipinski definition) is 3. The van der Waals surface area contributed by atoms with E-state index in [0.29, 0.717) is 0 Å². The van der Waals surface area contributed by atoms with Gasteiger partial charge in [-0.05, 0) is 45.8 Å². The van der Waals surface area contributed by atoms with E-state index in [4.69, 9.17) is 10.8 Å². The molecule has 1 unspecified atom stereocenters. The molecule has 1 heterocycles. The zero-order valence-electron chi connectivity index (χ0n) is 7.92. The Morgan fingerprint density at radius 1 is 1.42 bits per heavy atom. The van der Waals surface area contributed by atoms with Gasteiger partial charge in [-0.2, -0.15) is 0 Å². The van der Waals surface area contributed by atoms with Crippen LogP contribution in [0.15, 0.2) is 0 Å². The standard InChI is InChI=1S/C9H20N2O/c1-11-6-2-3-9(10,4-7-11)5-8-12/h12H,2-8,10H2,1H3. The van der Waals surface area contributed by atoms with E-state index in [1.165, 1.54) is 0 Å². The molecule has 1 rings (SSSR count). The molecule has 1 aliphatic rings. The Morgan fingerprint density at radius 2 is 2.17 bits per heavy atom. The van der Waals surface area contributed by atoms with Crippen LogP contribution in [0.1, 0.15) is 25.7 Å². The van der Waals surface area contributed by atoms with Gasteiger partial charge in [0.1, 0.15) is 0 Å². The minimum Gasteiger partial charge on any atom is -0.396 e. The quantitative estimate of drug-likeness (QED) is 0.625. The summed E-state index contributed by atoms with van der Waals surface area (Å²) in [5.41, 5.74) is 6.05. The van der Waals surface area contributed by atoms with Crippen molar-refractivity contribution in [1.29, 1.82) is 0 Å². The molecule has 1 fully saturated rings. The lowest BCUT2D eigenvalue weighted by molar-refractivity contribution is 0.223. The van der Waals surface area contributed by atoms with Gasteiger partial charge in [0.05, 0.1) is 0 Å². The maximum atomic E-state index is 8.85. The molecule has 3 nitrogen and oxygen atoms in total. The number of nitrogens with two attached hydrogens (primary N) is 1. The summed E-state index contributed by atoms with van der Waals surface area (Å²) in [6, 6.07) is 0. The van der Waals surface area contributed by atoms with Crippen LogP contribution in [0.2, 0.25) is 0 Å². The van der Waals surface area contributed by atoms with Crippen molar-refractivity contribution in [3.63, 3.8) is 0 Å². The Balaban J connectivity index is 2.43. The Morgan fingerprint density at radius 3 is 2.83 bits per heavy atom. The first-order valence-corrected chi connectivity index (χ1v) is 4.75. The number of hydrogen-bond donors (Lipinski definition) is 2. The van der Waals surface area contributed by atoms with Crippen LogP contribution in [0.3, 0.4) is 0 Å². The van der Waals surface area contributed by atoms with Crippen LogP contribution >= 0.6 is 0 Å². The van der Waals surface area contributed by atoms with Crippen LogP contribution in [0.4, 0.5) is 0 Å². The maximum absolute atomic E-state index is 8.85. The first-order chi connectivity index (χ1) is 5.66. The van der Waals surface area contributed by atoms with E-state index in [9.17, 15) is 0 Å². The molecule has 0 bridgehead atoms. The molecule has 1 saturated heterocycles. The zero-order chi connectivity index (χ0) is 9.03. The number of rotatable bonds is 2. The van der Waals surface area contributed by atoms with Crippen molar-refractivity contribution >= 4 is 0 Å². The molecule has 0 aromatic carbocycles. The second-order valence-electron chi connectivity index (χ2n) is 3.99. The van der Waals surface area contributed by atoms with Crippen LogP contribution in [-0.4, -0.2) is 42.3 Å². The third-order valence-corrected chi connectivity index (χ3v) is 2.82. The maximum Gasteiger partial charge on any atom is 0.0448 e. The Labute approximate surface area is 74.5 Å². The predicted octanol–water partition coefficient (Wildman–Crippen LogP) is 0.182. The topological polar surface area (TPSA) is 49.5 Å². The molecule has 0 aromatic rings. The van der Waals surface area contributed by atoms with Crippen molar-refractivity contribution < 1.29 is 5.11 Å². The van der Waals surface area contributed by atoms with E-state index in [1.54, 1.807) is 0 Å². The van der Waals surface area contributed by atoms with Gasteiger partial charge in [0.25, 0.3) is 0 Å². The van der Waals surface area contributed by atoms with Crippen LogP contribution in [-0.2, 0) is 0 Å². The van der Waals surface area contributed by atoms with Gasteiger partial charge < -0.3 is 15.7 Å². The van der Waals surface area contributed by atoms with Crippen molar-refractivity contribution in [2.24, 2.45) is 5.73 Å². The lowest BCUT2D eigenvalue weighted by Crippen LogP contribution is -2.41. The van der Waals surface area contributed by atoms with Gasteiger partial charge in [0, 0.05) is 12.1 Å². The summed E-state index contributed by atoms with van der Waals surface area (Å²) in [6.07, 6.45) is 3.98. The fourth-order valence-electron chi connectivity index (χ4n) is 1.82. The number of aliphatic hydroxyl groups is 1. The second kappa shape index (κ2) is 4.21. The van der Waals surface area contributed by atoms with Crippen molar-refractivity contribution in [3.8, 4) is 0 Å². The van der Waals surface area contributed by atoms with Crippen molar-refractivity contribution in [2.75, 3.05) is 26.7 Å². The van der Waals surface area contributed by atoms with Gasteiger partial charge in [-0.15, -0.1) is 0 Å². The molecule has 3 N–H and O–H groups in total. The van der Waals surface area contributed by atoms with Crippen molar-refractivity contribution in [1.82, 2.24) is 4.90 Å². The largest absolute Gasteiger partial charge is 0.396 e. The Hall–Kier alpha value is -0.120. The normalized spacial score (nSPS) is 33.2. The van der Waals surface area contributed by atoms with E-state index in [2.05, 4.69) is 11.9 Å². The molecule has 0 radical (unpaired) electrons. The predicted molar refractivity (Wildman–Crippen MR) is 50.0 cm³/mol. The minimum absolute atomic E-state index is 0.0977. The highest BCUT2D eigenvalue weighted by atomic mass is 16.3. The molecule has 0 amide bonds. The summed E-state index contributed by atoms with van der Waals surface area (Å²) >= 11 is 0. The third-order valence-electron chi connectivity index (χ3n) is 2.82. The minimum atomic E-state index is -0.0977. The summed E-state index contributed by atoms with van der Waals surface area (Å²) in [5.74, 6) is 0. The first-order valence-electron chi connectivity index (χ1n) is 4.75. The molecule has 0 aromatic heterocycles.